The Hall–Kier alpha value is -8.85. The van der Waals surface area contributed by atoms with E-state index in [1.54, 1.807) is 0 Å². The number of fused-ring (bicyclic) bond motifs is 7. The molecule has 3 aromatic heterocycles. The van der Waals surface area contributed by atoms with Crippen molar-refractivity contribution in [3.63, 3.8) is 0 Å². The van der Waals surface area contributed by atoms with E-state index in [1.165, 1.54) is 0 Å². The van der Waals surface area contributed by atoms with Gasteiger partial charge in [0, 0.05) is 49.5 Å². The minimum Gasteiger partial charge on any atom is -0.455 e. The lowest BCUT2D eigenvalue weighted by atomic mass is 9.88. The number of aromatic nitrogens is 3. The molecule has 0 aliphatic carbocycles. The van der Waals surface area contributed by atoms with Crippen molar-refractivity contribution in [2.75, 3.05) is 0 Å². The SMILES string of the molecule is N#Cc1c(-c2ccccc2)nc(-c2ccc(-n3c4ccccc4c4c5oc6c(-c7ccccc7)cccc6c5ccc43)c(-c3ccccc3)c2-c2ccccc2)nc1-c1ccccc1. The van der Waals surface area contributed by atoms with Gasteiger partial charge in [0.05, 0.1) is 33.5 Å². The van der Waals surface area contributed by atoms with Gasteiger partial charge in [-0.1, -0.05) is 188 Å². The fraction of sp³-hybridized carbons (Fsp3) is 0. The molecule has 0 radical (unpaired) electrons. The second-order valence-corrected chi connectivity index (χ2v) is 15.9. The minimum atomic E-state index is 0.431. The van der Waals surface area contributed by atoms with Gasteiger partial charge in [-0.15, -0.1) is 0 Å². The van der Waals surface area contributed by atoms with Crippen molar-refractivity contribution in [2.45, 2.75) is 0 Å². The third-order valence-corrected chi connectivity index (χ3v) is 12.3. The highest BCUT2D eigenvalue weighted by Gasteiger charge is 2.27. The summed E-state index contributed by atoms with van der Waals surface area (Å²) in [7, 11) is 0. The first-order chi connectivity index (χ1) is 31.7. The summed E-state index contributed by atoms with van der Waals surface area (Å²) in [4.78, 5) is 10.6. The van der Waals surface area contributed by atoms with Crippen LogP contribution >= 0.6 is 0 Å². The van der Waals surface area contributed by atoms with Gasteiger partial charge < -0.3 is 8.98 Å². The maximum absolute atomic E-state index is 10.8. The Morgan fingerprint density at radius 2 is 0.906 bits per heavy atom. The molecule has 0 unspecified atom stereocenters. The molecule has 298 valence electrons. The van der Waals surface area contributed by atoms with Crippen molar-refractivity contribution >= 4 is 43.7 Å². The van der Waals surface area contributed by atoms with E-state index >= 15 is 0 Å². The van der Waals surface area contributed by atoms with E-state index in [0.29, 0.717) is 22.8 Å². The lowest BCUT2D eigenvalue weighted by Gasteiger charge is -2.22. The Labute approximate surface area is 369 Å². The number of nitriles is 1. The number of benzene rings is 9. The highest BCUT2D eigenvalue weighted by atomic mass is 16.3. The molecule has 3 heterocycles. The van der Waals surface area contributed by atoms with Crippen LogP contribution in [0.15, 0.2) is 223 Å². The molecular weight excluding hydrogens is 781 g/mol. The lowest BCUT2D eigenvalue weighted by Crippen LogP contribution is -2.04. The molecule has 0 spiro atoms. The topological polar surface area (TPSA) is 67.6 Å². The first-order valence-corrected chi connectivity index (χ1v) is 21.4. The molecule has 0 N–H and O–H groups in total. The van der Waals surface area contributed by atoms with E-state index in [0.717, 1.165) is 99.5 Å². The van der Waals surface area contributed by atoms with Gasteiger partial charge in [0.25, 0.3) is 0 Å². The smallest absolute Gasteiger partial charge is 0.161 e. The number of para-hydroxylation sites is 2. The Morgan fingerprint density at radius 3 is 1.52 bits per heavy atom. The van der Waals surface area contributed by atoms with E-state index in [2.05, 4.69) is 156 Å². The molecule has 0 aliphatic heterocycles. The minimum absolute atomic E-state index is 0.431. The molecule has 64 heavy (non-hydrogen) atoms. The van der Waals surface area contributed by atoms with Gasteiger partial charge in [0.15, 0.2) is 5.82 Å². The van der Waals surface area contributed by atoms with Gasteiger partial charge in [-0.25, -0.2) is 9.97 Å². The third kappa shape index (κ3) is 5.93. The molecule has 5 nitrogen and oxygen atoms in total. The zero-order chi connectivity index (χ0) is 42.6. The first-order valence-electron chi connectivity index (χ1n) is 21.4. The Bertz CT molecular complexity index is 3700. The van der Waals surface area contributed by atoms with Crippen LogP contribution in [0.5, 0.6) is 0 Å². The maximum atomic E-state index is 10.8. The van der Waals surface area contributed by atoms with Gasteiger partial charge in [-0.05, 0) is 47.0 Å². The molecule has 0 aliphatic rings. The largest absolute Gasteiger partial charge is 0.455 e. The summed E-state index contributed by atoms with van der Waals surface area (Å²) >= 11 is 0. The van der Waals surface area contributed by atoms with Crippen molar-refractivity contribution in [1.82, 2.24) is 14.5 Å². The fourth-order valence-corrected chi connectivity index (χ4v) is 9.48. The Kier molecular flexibility index (Phi) is 8.81. The quantitative estimate of drug-likeness (QED) is 0.161. The van der Waals surface area contributed by atoms with Gasteiger partial charge in [-0.3, -0.25) is 0 Å². The number of nitrogens with zero attached hydrogens (tertiary/aromatic N) is 4. The van der Waals surface area contributed by atoms with Crippen LogP contribution in [0.2, 0.25) is 0 Å². The van der Waals surface area contributed by atoms with Crippen molar-refractivity contribution in [3.05, 3.63) is 224 Å². The summed E-state index contributed by atoms with van der Waals surface area (Å²) in [5.41, 5.74) is 15.2. The molecule has 0 fully saturated rings. The van der Waals surface area contributed by atoms with Crippen LogP contribution < -0.4 is 0 Å². The van der Waals surface area contributed by atoms with E-state index in [1.807, 2.05) is 72.8 Å². The van der Waals surface area contributed by atoms with Crippen LogP contribution in [0, 0.1) is 11.3 Å². The van der Waals surface area contributed by atoms with Crippen molar-refractivity contribution in [1.29, 1.82) is 5.26 Å². The standard InChI is InChI=1S/C59H36N4O/c60-37-48-55(41-25-12-4-13-26-41)61-59(62-56(48)42-27-14-5-15-28-42)47-34-36-50(53(40-23-10-3-11-24-40)52(47)39-21-8-2-9-22-39)63-49-32-17-16-29-46(49)54-51(63)35-33-45-44-31-18-30-43(57(44)64-58(45)54)38-19-6-1-7-20-38/h1-36H. The molecule has 5 heteroatoms. The number of rotatable bonds is 7. The van der Waals surface area contributed by atoms with Gasteiger partial charge in [0.2, 0.25) is 0 Å². The summed E-state index contributed by atoms with van der Waals surface area (Å²) in [5.74, 6) is 0.528. The Balaban J connectivity index is 1.19. The van der Waals surface area contributed by atoms with Crippen LogP contribution in [0.3, 0.4) is 0 Å². The van der Waals surface area contributed by atoms with E-state index in [9.17, 15) is 5.26 Å². The number of hydrogen-bond acceptors (Lipinski definition) is 4. The molecule has 0 bridgehead atoms. The summed E-state index contributed by atoms with van der Waals surface area (Å²) in [6, 6.07) is 77.8. The molecule has 0 amide bonds. The number of furan rings is 1. The van der Waals surface area contributed by atoms with Gasteiger partial charge in [-0.2, -0.15) is 5.26 Å². The summed E-state index contributed by atoms with van der Waals surface area (Å²) in [6.45, 7) is 0. The van der Waals surface area contributed by atoms with Crippen LogP contribution in [-0.4, -0.2) is 14.5 Å². The van der Waals surface area contributed by atoms with Gasteiger partial charge >= 0.3 is 0 Å². The van der Waals surface area contributed by atoms with Crippen LogP contribution in [-0.2, 0) is 0 Å². The molecule has 12 rings (SSSR count). The average Bonchev–Trinajstić information content (AvgIpc) is 3.93. The number of hydrogen-bond donors (Lipinski definition) is 0. The predicted octanol–water partition coefficient (Wildman–Crippen LogP) is 15.3. The molecule has 12 aromatic rings. The van der Waals surface area contributed by atoms with Crippen molar-refractivity contribution in [2.24, 2.45) is 0 Å². The zero-order valence-corrected chi connectivity index (χ0v) is 34.5. The zero-order valence-electron chi connectivity index (χ0n) is 34.5. The monoisotopic (exact) mass is 816 g/mol. The first kappa shape index (κ1) is 37.0. The van der Waals surface area contributed by atoms with Crippen LogP contribution in [0.4, 0.5) is 0 Å². The lowest BCUT2D eigenvalue weighted by molar-refractivity contribution is 0.674. The summed E-state index contributed by atoms with van der Waals surface area (Å²) < 4.78 is 9.44. The highest BCUT2D eigenvalue weighted by Crippen LogP contribution is 2.48. The third-order valence-electron chi connectivity index (χ3n) is 12.3. The second kappa shape index (κ2) is 15.3. The summed E-state index contributed by atoms with van der Waals surface area (Å²) in [5, 5.41) is 15.1. The van der Waals surface area contributed by atoms with Gasteiger partial charge in [0.1, 0.15) is 22.8 Å². The molecular formula is C59H36N4O. The van der Waals surface area contributed by atoms with E-state index < -0.39 is 0 Å². The maximum Gasteiger partial charge on any atom is 0.161 e. The molecule has 0 saturated carbocycles. The summed E-state index contributed by atoms with van der Waals surface area (Å²) in [6.07, 6.45) is 0. The van der Waals surface area contributed by atoms with E-state index in [4.69, 9.17) is 14.4 Å². The molecule has 0 atom stereocenters. The van der Waals surface area contributed by atoms with Crippen molar-refractivity contribution in [3.8, 4) is 79.0 Å². The molecule has 0 saturated heterocycles. The van der Waals surface area contributed by atoms with Crippen LogP contribution in [0.25, 0.3) is 117 Å². The predicted molar refractivity (Wildman–Crippen MR) is 261 cm³/mol. The Morgan fingerprint density at radius 1 is 0.391 bits per heavy atom. The normalized spacial score (nSPS) is 11.4. The van der Waals surface area contributed by atoms with Crippen molar-refractivity contribution < 1.29 is 4.42 Å². The fourth-order valence-electron chi connectivity index (χ4n) is 9.48. The average molecular weight is 817 g/mol. The highest BCUT2D eigenvalue weighted by molar-refractivity contribution is 6.25. The van der Waals surface area contributed by atoms with E-state index in [-0.39, 0.29) is 0 Å². The van der Waals surface area contributed by atoms with Crippen LogP contribution in [0.1, 0.15) is 5.56 Å². The second-order valence-electron chi connectivity index (χ2n) is 15.9. The molecule has 9 aromatic carbocycles.